The highest BCUT2D eigenvalue weighted by Crippen LogP contribution is 2.54. The van der Waals surface area contributed by atoms with Gasteiger partial charge in [-0.25, -0.2) is 13.2 Å². The van der Waals surface area contributed by atoms with Crippen LogP contribution in [0.2, 0.25) is 5.02 Å². The van der Waals surface area contributed by atoms with Crippen molar-refractivity contribution in [3.63, 3.8) is 0 Å². The van der Waals surface area contributed by atoms with E-state index in [-0.39, 0.29) is 6.61 Å². The predicted molar refractivity (Wildman–Crippen MR) is 76.4 cm³/mol. The third-order valence-corrected chi connectivity index (χ3v) is 5.34. The van der Waals surface area contributed by atoms with Crippen molar-refractivity contribution in [3.05, 3.63) is 34.9 Å². The van der Waals surface area contributed by atoms with E-state index >= 15 is 0 Å². The largest absolute Gasteiger partial charge is 0.465 e. The molecule has 0 unspecified atom stereocenters. The number of ether oxygens (including phenoxy) is 1. The molecule has 7 heteroatoms. The number of carbonyl (C=O) groups is 1. The van der Waals surface area contributed by atoms with E-state index in [2.05, 4.69) is 0 Å². The third kappa shape index (κ3) is 2.43. The summed E-state index contributed by atoms with van der Waals surface area (Å²) in [7, 11) is -3.47. The van der Waals surface area contributed by atoms with Crippen LogP contribution in [0.3, 0.4) is 0 Å². The summed E-state index contributed by atoms with van der Waals surface area (Å²) in [5, 5.41) is -0.431. The molecular formula is C13H16ClNO4S. The Hall–Kier alpha value is -1.11. The van der Waals surface area contributed by atoms with Crippen molar-refractivity contribution in [2.24, 2.45) is 5.73 Å². The molecule has 1 fully saturated rings. The molecule has 2 N–H and O–H groups in total. The van der Waals surface area contributed by atoms with Crippen molar-refractivity contribution in [2.75, 3.05) is 12.9 Å². The number of carbonyl (C=O) groups excluding carboxylic acids is 1. The molecule has 1 aromatic carbocycles. The summed E-state index contributed by atoms with van der Waals surface area (Å²) in [6, 6.07) is 6.64. The average molecular weight is 318 g/mol. The van der Waals surface area contributed by atoms with Crippen LogP contribution < -0.4 is 5.73 Å². The molecule has 5 nitrogen and oxygen atoms in total. The standard InChI is InChI=1S/C13H16ClNO4S/c1-3-19-12(16)13(15)10(11(13)20(2,17)18)8-4-6-9(14)7-5-8/h4-7,10-11H,3,15H2,1-2H3/t10-,11-,13+/m0/s1. The van der Waals surface area contributed by atoms with Gasteiger partial charge in [-0.2, -0.15) is 0 Å². The molecule has 0 aromatic heterocycles. The zero-order valence-electron chi connectivity index (χ0n) is 11.2. The molecule has 0 bridgehead atoms. The Balaban J connectivity index is 2.41. The Labute approximate surface area is 123 Å². The minimum Gasteiger partial charge on any atom is -0.465 e. The van der Waals surface area contributed by atoms with Crippen LogP contribution in [0.4, 0.5) is 0 Å². The molecular weight excluding hydrogens is 302 g/mol. The molecule has 0 amide bonds. The summed E-state index contributed by atoms with van der Waals surface area (Å²) in [5.74, 6) is -1.29. The smallest absolute Gasteiger partial charge is 0.328 e. The summed E-state index contributed by atoms with van der Waals surface area (Å²) < 4.78 is 28.6. The first-order valence-corrected chi connectivity index (χ1v) is 8.46. The molecule has 3 atom stereocenters. The molecule has 0 saturated heterocycles. The monoisotopic (exact) mass is 317 g/mol. The first-order valence-electron chi connectivity index (χ1n) is 6.13. The maximum absolute atomic E-state index is 12.0. The number of rotatable bonds is 4. The van der Waals surface area contributed by atoms with E-state index in [0.717, 1.165) is 6.26 Å². The number of esters is 1. The van der Waals surface area contributed by atoms with E-state index in [1.165, 1.54) is 0 Å². The number of nitrogens with two attached hydrogens (primary N) is 1. The number of hydrogen-bond acceptors (Lipinski definition) is 5. The van der Waals surface area contributed by atoms with Crippen molar-refractivity contribution < 1.29 is 17.9 Å². The van der Waals surface area contributed by atoms with Crippen LogP contribution in [-0.2, 0) is 19.4 Å². The molecule has 0 radical (unpaired) electrons. The summed E-state index contributed by atoms with van der Waals surface area (Å²) in [4.78, 5) is 12.0. The van der Waals surface area contributed by atoms with Crippen molar-refractivity contribution in [1.82, 2.24) is 0 Å². The summed E-state index contributed by atoms with van der Waals surface area (Å²) >= 11 is 5.81. The fourth-order valence-electron chi connectivity index (χ4n) is 2.60. The molecule has 1 aliphatic carbocycles. The number of benzene rings is 1. The molecule has 1 aromatic rings. The number of sulfone groups is 1. The van der Waals surface area contributed by atoms with Gasteiger partial charge in [-0.15, -0.1) is 0 Å². The second-order valence-corrected chi connectivity index (χ2v) is 7.54. The summed E-state index contributed by atoms with van der Waals surface area (Å²) in [5.41, 5.74) is 5.18. The van der Waals surface area contributed by atoms with Crippen LogP contribution in [0, 0.1) is 0 Å². The van der Waals surface area contributed by atoms with Gasteiger partial charge in [0.1, 0.15) is 5.54 Å². The van der Waals surface area contributed by atoms with Gasteiger partial charge in [0, 0.05) is 17.2 Å². The van der Waals surface area contributed by atoms with Gasteiger partial charge < -0.3 is 10.5 Å². The van der Waals surface area contributed by atoms with Crippen LogP contribution in [0.1, 0.15) is 18.4 Å². The van der Waals surface area contributed by atoms with E-state index < -0.39 is 32.5 Å². The Bertz CT molecular complexity index is 628. The fourth-order valence-corrected chi connectivity index (χ4v) is 4.47. The topological polar surface area (TPSA) is 86.5 Å². The Morgan fingerprint density at radius 2 is 1.95 bits per heavy atom. The van der Waals surface area contributed by atoms with E-state index in [1.54, 1.807) is 31.2 Å². The lowest BCUT2D eigenvalue weighted by atomic mass is 10.1. The normalized spacial score (nSPS) is 29.0. The molecule has 1 saturated carbocycles. The zero-order chi connectivity index (χ0) is 15.1. The van der Waals surface area contributed by atoms with E-state index in [4.69, 9.17) is 22.1 Å². The van der Waals surface area contributed by atoms with Crippen LogP contribution in [0.15, 0.2) is 24.3 Å². The first kappa shape index (κ1) is 15.3. The third-order valence-electron chi connectivity index (χ3n) is 3.50. The SMILES string of the molecule is CCOC(=O)[C@@]1(N)[C@@H](c2ccc(Cl)cc2)[C@@H]1S(C)(=O)=O. The van der Waals surface area contributed by atoms with Crippen LogP contribution in [-0.4, -0.2) is 38.0 Å². The maximum Gasteiger partial charge on any atom is 0.328 e. The van der Waals surface area contributed by atoms with Gasteiger partial charge in [0.05, 0.1) is 11.9 Å². The quantitative estimate of drug-likeness (QED) is 0.841. The van der Waals surface area contributed by atoms with Gasteiger partial charge in [0.25, 0.3) is 0 Å². The fraction of sp³-hybridized carbons (Fsp3) is 0.462. The van der Waals surface area contributed by atoms with Crippen molar-refractivity contribution in [2.45, 2.75) is 23.6 Å². The number of hydrogen-bond donors (Lipinski definition) is 1. The Morgan fingerprint density at radius 3 is 2.40 bits per heavy atom. The Morgan fingerprint density at radius 1 is 1.40 bits per heavy atom. The minimum absolute atomic E-state index is 0.154. The van der Waals surface area contributed by atoms with Gasteiger partial charge in [0.15, 0.2) is 9.84 Å². The second kappa shape index (κ2) is 5.02. The number of halogens is 1. The van der Waals surface area contributed by atoms with Crippen molar-refractivity contribution >= 4 is 27.4 Å². The lowest BCUT2D eigenvalue weighted by Crippen LogP contribution is -2.41. The van der Waals surface area contributed by atoms with Crippen LogP contribution >= 0.6 is 11.6 Å². The van der Waals surface area contributed by atoms with Crippen LogP contribution in [0.5, 0.6) is 0 Å². The van der Waals surface area contributed by atoms with E-state index in [9.17, 15) is 13.2 Å². The average Bonchev–Trinajstić information content (AvgIpc) is 2.99. The van der Waals surface area contributed by atoms with Gasteiger partial charge in [-0.1, -0.05) is 23.7 Å². The van der Waals surface area contributed by atoms with Gasteiger partial charge in [0.2, 0.25) is 0 Å². The molecule has 1 aliphatic rings. The lowest BCUT2D eigenvalue weighted by Gasteiger charge is -2.10. The van der Waals surface area contributed by atoms with Crippen LogP contribution in [0.25, 0.3) is 0 Å². The van der Waals surface area contributed by atoms with Crippen molar-refractivity contribution in [1.29, 1.82) is 0 Å². The van der Waals surface area contributed by atoms with Crippen molar-refractivity contribution in [3.8, 4) is 0 Å². The van der Waals surface area contributed by atoms with Gasteiger partial charge in [-0.3, -0.25) is 0 Å². The van der Waals surface area contributed by atoms with Gasteiger partial charge in [-0.05, 0) is 24.6 Å². The zero-order valence-corrected chi connectivity index (χ0v) is 12.7. The highest BCUT2D eigenvalue weighted by atomic mass is 35.5. The molecule has 0 spiro atoms. The first-order chi connectivity index (χ1) is 9.22. The highest BCUT2D eigenvalue weighted by molar-refractivity contribution is 7.91. The molecule has 0 aliphatic heterocycles. The highest BCUT2D eigenvalue weighted by Gasteiger charge is 2.73. The maximum atomic E-state index is 12.0. The van der Waals surface area contributed by atoms with E-state index in [1.807, 2.05) is 0 Å². The summed E-state index contributed by atoms with van der Waals surface area (Å²) in [6.07, 6.45) is 1.08. The van der Waals surface area contributed by atoms with Gasteiger partial charge >= 0.3 is 5.97 Å². The van der Waals surface area contributed by atoms with E-state index in [0.29, 0.717) is 10.6 Å². The lowest BCUT2D eigenvalue weighted by molar-refractivity contribution is -0.145. The summed E-state index contributed by atoms with van der Waals surface area (Å²) in [6.45, 7) is 1.80. The predicted octanol–water partition coefficient (Wildman–Crippen LogP) is 1.11. The second-order valence-electron chi connectivity index (χ2n) is 4.93. The molecule has 2 rings (SSSR count). The molecule has 0 heterocycles. The minimum atomic E-state index is -3.47. The molecule has 110 valence electrons. The Kier molecular flexibility index (Phi) is 3.83. The molecule has 20 heavy (non-hydrogen) atoms.